The number of benzene rings is 1. The van der Waals surface area contributed by atoms with E-state index in [0.29, 0.717) is 12.5 Å². The maximum atomic E-state index is 5.96. The van der Waals surface area contributed by atoms with Crippen molar-refractivity contribution >= 4 is 11.3 Å². The van der Waals surface area contributed by atoms with Crippen LogP contribution in [0, 0.1) is 12.8 Å². The molecule has 1 aromatic carbocycles. The van der Waals surface area contributed by atoms with Crippen molar-refractivity contribution in [2.24, 2.45) is 5.92 Å². The van der Waals surface area contributed by atoms with E-state index < -0.39 is 0 Å². The lowest BCUT2D eigenvalue weighted by molar-refractivity contribution is 0.305. The minimum Gasteiger partial charge on any atom is -0.488 e. The molecule has 1 heterocycles. The van der Waals surface area contributed by atoms with E-state index in [9.17, 15) is 0 Å². The second-order valence-electron chi connectivity index (χ2n) is 5.50. The zero-order chi connectivity index (χ0) is 14.4. The molecule has 3 heteroatoms. The van der Waals surface area contributed by atoms with Gasteiger partial charge < -0.3 is 10.1 Å². The predicted molar refractivity (Wildman–Crippen MR) is 86.4 cm³/mol. The summed E-state index contributed by atoms with van der Waals surface area (Å²) in [5.74, 6) is 1.65. The number of hydrogen-bond donors (Lipinski definition) is 1. The standard InChI is InChI=1S/C17H23NOS/c1-13(2)10-18-11-15-9-14(3)6-7-17(15)19-12-16-5-4-8-20-16/h4-9,13,18H,10-12H2,1-3H3. The Hall–Kier alpha value is -1.32. The van der Waals surface area contributed by atoms with E-state index in [-0.39, 0.29) is 0 Å². The highest BCUT2D eigenvalue weighted by molar-refractivity contribution is 7.09. The number of nitrogens with one attached hydrogen (secondary N) is 1. The van der Waals surface area contributed by atoms with Gasteiger partial charge in [-0.1, -0.05) is 37.6 Å². The molecule has 2 aromatic rings. The van der Waals surface area contributed by atoms with E-state index in [1.807, 2.05) is 0 Å². The van der Waals surface area contributed by atoms with E-state index in [0.717, 1.165) is 18.8 Å². The van der Waals surface area contributed by atoms with Crippen molar-refractivity contribution in [3.63, 3.8) is 0 Å². The van der Waals surface area contributed by atoms with Crippen molar-refractivity contribution in [2.45, 2.75) is 33.9 Å². The summed E-state index contributed by atoms with van der Waals surface area (Å²) in [5, 5.41) is 5.57. The van der Waals surface area contributed by atoms with Crippen LogP contribution in [-0.2, 0) is 13.2 Å². The lowest BCUT2D eigenvalue weighted by Gasteiger charge is -2.13. The van der Waals surface area contributed by atoms with Gasteiger partial charge in [0.25, 0.3) is 0 Å². The van der Waals surface area contributed by atoms with Crippen molar-refractivity contribution in [3.05, 3.63) is 51.7 Å². The Balaban J connectivity index is 1.99. The Morgan fingerprint density at radius 2 is 2.10 bits per heavy atom. The van der Waals surface area contributed by atoms with Crippen LogP contribution in [0.3, 0.4) is 0 Å². The maximum absolute atomic E-state index is 5.96. The molecule has 0 aliphatic carbocycles. The number of hydrogen-bond acceptors (Lipinski definition) is 3. The summed E-state index contributed by atoms with van der Waals surface area (Å²) in [6, 6.07) is 10.6. The number of ether oxygens (including phenoxy) is 1. The van der Waals surface area contributed by atoms with Gasteiger partial charge in [0.15, 0.2) is 0 Å². The third kappa shape index (κ3) is 4.66. The average molecular weight is 289 g/mol. The molecule has 0 spiro atoms. The molecule has 1 aromatic heterocycles. The molecule has 0 saturated heterocycles. The minimum atomic E-state index is 0.651. The SMILES string of the molecule is Cc1ccc(OCc2cccs2)c(CNCC(C)C)c1. The Morgan fingerprint density at radius 3 is 2.80 bits per heavy atom. The topological polar surface area (TPSA) is 21.3 Å². The molecule has 0 saturated carbocycles. The molecule has 0 radical (unpaired) electrons. The first-order valence-electron chi connectivity index (χ1n) is 7.10. The first-order valence-corrected chi connectivity index (χ1v) is 7.98. The number of rotatable bonds is 7. The summed E-state index contributed by atoms with van der Waals surface area (Å²) in [6.45, 7) is 9.10. The van der Waals surface area contributed by atoms with Gasteiger partial charge in [-0.3, -0.25) is 0 Å². The Morgan fingerprint density at radius 1 is 1.25 bits per heavy atom. The second-order valence-corrected chi connectivity index (χ2v) is 6.54. The molecule has 20 heavy (non-hydrogen) atoms. The van der Waals surface area contributed by atoms with Crippen molar-refractivity contribution in [2.75, 3.05) is 6.54 Å². The fourth-order valence-electron chi connectivity index (χ4n) is 2.03. The molecule has 0 bridgehead atoms. The molecule has 108 valence electrons. The second kappa shape index (κ2) is 7.46. The fourth-order valence-corrected chi connectivity index (χ4v) is 2.64. The molecule has 0 amide bonds. The average Bonchev–Trinajstić information content (AvgIpc) is 2.90. The first-order chi connectivity index (χ1) is 9.65. The maximum Gasteiger partial charge on any atom is 0.124 e. The van der Waals surface area contributed by atoms with Crippen molar-refractivity contribution in [3.8, 4) is 5.75 Å². The molecular weight excluding hydrogens is 266 g/mol. The lowest BCUT2D eigenvalue weighted by atomic mass is 10.1. The zero-order valence-electron chi connectivity index (χ0n) is 12.5. The van der Waals surface area contributed by atoms with Crippen molar-refractivity contribution in [1.82, 2.24) is 5.32 Å². The van der Waals surface area contributed by atoms with Gasteiger partial charge in [0.1, 0.15) is 12.4 Å². The molecule has 1 N–H and O–H groups in total. The third-order valence-corrected chi connectivity index (χ3v) is 3.88. The summed E-state index contributed by atoms with van der Waals surface area (Å²) in [6.07, 6.45) is 0. The highest BCUT2D eigenvalue weighted by Crippen LogP contribution is 2.22. The lowest BCUT2D eigenvalue weighted by Crippen LogP contribution is -2.19. The summed E-state index contributed by atoms with van der Waals surface area (Å²) >= 11 is 1.73. The minimum absolute atomic E-state index is 0.651. The van der Waals surface area contributed by atoms with Gasteiger partial charge >= 0.3 is 0 Å². The van der Waals surface area contributed by atoms with Crippen LogP contribution >= 0.6 is 11.3 Å². The molecule has 2 rings (SSSR count). The summed E-state index contributed by atoms with van der Waals surface area (Å²) in [7, 11) is 0. The van der Waals surface area contributed by atoms with Crippen LogP contribution in [0.15, 0.2) is 35.7 Å². The fraction of sp³-hybridized carbons (Fsp3) is 0.412. The van der Waals surface area contributed by atoms with Gasteiger partial charge in [0.05, 0.1) is 0 Å². The molecule has 0 atom stereocenters. The number of aryl methyl sites for hydroxylation is 1. The Labute approximate surface area is 125 Å². The normalized spacial score (nSPS) is 11.0. The Bertz CT molecular complexity index is 520. The van der Waals surface area contributed by atoms with E-state index in [1.54, 1.807) is 11.3 Å². The Kier molecular flexibility index (Phi) is 5.62. The van der Waals surface area contributed by atoms with E-state index in [4.69, 9.17) is 4.74 Å². The highest BCUT2D eigenvalue weighted by Gasteiger charge is 2.05. The van der Waals surface area contributed by atoms with Gasteiger partial charge in [0, 0.05) is 17.0 Å². The van der Waals surface area contributed by atoms with Gasteiger partial charge in [-0.15, -0.1) is 11.3 Å². The molecule has 0 unspecified atom stereocenters. The van der Waals surface area contributed by atoms with Crippen LogP contribution in [0.4, 0.5) is 0 Å². The molecule has 0 aliphatic heterocycles. The third-order valence-electron chi connectivity index (χ3n) is 3.03. The molecule has 0 fully saturated rings. The smallest absolute Gasteiger partial charge is 0.124 e. The van der Waals surface area contributed by atoms with Crippen molar-refractivity contribution in [1.29, 1.82) is 0 Å². The number of thiophene rings is 1. The molecule has 0 aliphatic rings. The van der Waals surface area contributed by atoms with Gasteiger partial charge in [0.2, 0.25) is 0 Å². The van der Waals surface area contributed by atoms with E-state index in [2.05, 4.69) is 61.8 Å². The van der Waals surface area contributed by atoms with Crippen LogP contribution < -0.4 is 10.1 Å². The summed E-state index contributed by atoms with van der Waals surface area (Å²) < 4.78 is 5.96. The molecular formula is C17H23NOS. The quantitative estimate of drug-likeness (QED) is 0.816. The highest BCUT2D eigenvalue weighted by atomic mass is 32.1. The van der Waals surface area contributed by atoms with Crippen LogP contribution in [0.5, 0.6) is 5.75 Å². The zero-order valence-corrected chi connectivity index (χ0v) is 13.3. The van der Waals surface area contributed by atoms with Crippen LogP contribution in [0.1, 0.15) is 29.9 Å². The largest absolute Gasteiger partial charge is 0.488 e. The molecule has 2 nitrogen and oxygen atoms in total. The predicted octanol–water partition coefficient (Wildman–Crippen LogP) is 4.38. The van der Waals surface area contributed by atoms with Gasteiger partial charge in [-0.05, 0) is 36.9 Å². The first kappa shape index (κ1) is 15.1. The van der Waals surface area contributed by atoms with E-state index >= 15 is 0 Å². The summed E-state index contributed by atoms with van der Waals surface area (Å²) in [5.41, 5.74) is 2.51. The van der Waals surface area contributed by atoms with Crippen LogP contribution in [-0.4, -0.2) is 6.54 Å². The van der Waals surface area contributed by atoms with Gasteiger partial charge in [-0.25, -0.2) is 0 Å². The van der Waals surface area contributed by atoms with Crippen LogP contribution in [0.2, 0.25) is 0 Å². The van der Waals surface area contributed by atoms with Crippen molar-refractivity contribution < 1.29 is 4.74 Å². The van der Waals surface area contributed by atoms with Gasteiger partial charge in [-0.2, -0.15) is 0 Å². The summed E-state index contributed by atoms with van der Waals surface area (Å²) in [4.78, 5) is 1.26. The van der Waals surface area contributed by atoms with E-state index in [1.165, 1.54) is 16.0 Å². The monoisotopic (exact) mass is 289 g/mol. The van der Waals surface area contributed by atoms with Crippen LogP contribution in [0.25, 0.3) is 0 Å².